The number of hydrogen-bond donors (Lipinski definition) is 1. The number of aryl methyl sites for hydroxylation is 1. The summed E-state index contributed by atoms with van der Waals surface area (Å²) >= 11 is 3.43. The van der Waals surface area contributed by atoms with E-state index >= 15 is 0 Å². The number of hydrogen-bond acceptors (Lipinski definition) is 6. The highest BCUT2D eigenvalue weighted by Crippen LogP contribution is 2.30. The molecule has 1 heterocycles. The van der Waals surface area contributed by atoms with Crippen LogP contribution < -0.4 is 14.8 Å². The van der Waals surface area contributed by atoms with Crippen LogP contribution >= 0.6 is 15.9 Å². The van der Waals surface area contributed by atoms with Crippen molar-refractivity contribution in [2.45, 2.75) is 13.5 Å². The van der Waals surface area contributed by atoms with Gasteiger partial charge in [-0.2, -0.15) is 4.80 Å². The fraction of sp³-hybridized carbons (Fsp3) is 0.222. The Balaban J connectivity index is 1.70. The lowest BCUT2D eigenvalue weighted by molar-refractivity contribution is -0.117. The Bertz CT molecular complexity index is 973. The number of nitrogens with zero attached hydrogens (tertiary/aromatic N) is 4. The number of carbonyl (C=O) groups excluding carboxylic acids is 1. The second-order valence-electron chi connectivity index (χ2n) is 5.73. The largest absolute Gasteiger partial charge is 0.493 e. The standard InChI is InChI=1S/C18H18BrN5O3/c1-11-8-13(5-6-14(11)19)20-17(25)10-24-22-18(21-23-24)12-4-7-15(26-2)16(9-12)27-3/h4-9H,10H2,1-3H3,(H,20,25). The molecular formula is C18H18BrN5O3. The van der Waals surface area contributed by atoms with Gasteiger partial charge in [-0.05, 0) is 54.1 Å². The Morgan fingerprint density at radius 3 is 2.63 bits per heavy atom. The zero-order chi connectivity index (χ0) is 19.4. The van der Waals surface area contributed by atoms with Crippen LogP contribution in [0.2, 0.25) is 0 Å². The smallest absolute Gasteiger partial charge is 0.248 e. The normalized spacial score (nSPS) is 10.5. The number of nitrogens with one attached hydrogen (secondary N) is 1. The highest BCUT2D eigenvalue weighted by Gasteiger charge is 2.12. The van der Waals surface area contributed by atoms with Crippen molar-refractivity contribution >= 4 is 27.5 Å². The van der Waals surface area contributed by atoms with Crippen molar-refractivity contribution in [3.8, 4) is 22.9 Å². The van der Waals surface area contributed by atoms with Gasteiger partial charge in [0.25, 0.3) is 0 Å². The molecule has 9 heteroatoms. The third kappa shape index (κ3) is 4.43. The maximum absolute atomic E-state index is 12.2. The number of anilines is 1. The van der Waals surface area contributed by atoms with E-state index in [1.165, 1.54) is 4.80 Å². The number of rotatable bonds is 6. The summed E-state index contributed by atoms with van der Waals surface area (Å²) in [4.78, 5) is 13.5. The molecular weight excluding hydrogens is 414 g/mol. The number of halogens is 1. The minimum absolute atomic E-state index is 0.0462. The van der Waals surface area contributed by atoms with Crippen molar-refractivity contribution in [1.29, 1.82) is 0 Å². The van der Waals surface area contributed by atoms with Gasteiger partial charge in [0.2, 0.25) is 11.7 Å². The molecule has 0 fully saturated rings. The molecule has 0 aliphatic heterocycles. The van der Waals surface area contributed by atoms with E-state index in [2.05, 4.69) is 36.7 Å². The number of carbonyl (C=O) groups is 1. The molecule has 0 saturated carbocycles. The Morgan fingerprint density at radius 2 is 1.93 bits per heavy atom. The second-order valence-corrected chi connectivity index (χ2v) is 6.58. The average Bonchev–Trinajstić information content (AvgIpc) is 3.12. The Labute approximate surface area is 164 Å². The zero-order valence-corrected chi connectivity index (χ0v) is 16.6. The van der Waals surface area contributed by atoms with E-state index in [0.29, 0.717) is 28.6 Å². The number of benzene rings is 2. The van der Waals surface area contributed by atoms with Crippen LogP contribution in [0.15, 0.2) is 40.9 Å². The van der Waals surface area contributed by atoms with Crippen LogP contribution in [0.1, 0.15) is 5.56 Å². The minimum Gasteiger partial charge on any atom is -0.493 e. The lowest BCUT2D eigenvalue weighted by Crippen LogP contribution is -2.20. The molecule has 0 atom stereocenters. The first kappa shape index (κ1) is 18.8. The van der Waals surface area contributed by atoms with Crippen LogP contribution in [-0.2, 0) is 11.3 Å². The molecule has 0 aliphatic carbocycles. The van der Waals surface area contributed by atoms with Crippen molar-refractivity contribution in [3.63, 3.8) is 0 Å². The first-order chi connectivity index (χ1) is 13.0. The van der Waals surface area contributed by atoms with Crippen molar-refractivity contribution in [1.82, 2.24) is 20.2 Å². The van der Waals surface area contributed by atoms with Gasteiger partial charge in [-0.15, -0.1) is 10.2 Å². The summed E-state index contributed by atoms with van der Waals surface area (Å²) in [6.45, 7) is 1.91. The molecule has 27 heavy (non-hydrogen) atoms. The molecule has 1 N–H and O–H groups in total. The number of ether oxygens (including phenoxy) is 2. The van der Waals surface area contributed by atoms with Crippen LogP contribution in [0.3, 0.4) is 0 Å². The van der Waals surface area contributed by atoms with E-state index in [9.17, 15) is 4.79 Å². The van der Waals surface area contributed by atoms with Gasteiger partial charge in [0, 0.05) is 15.7 Å². The molecule has 0 spiro atoms. The molecule has 0 aliphatic rings. The number of amides is 1. The SMILES string of the molecule is COc1ccc(-c2nnn(CC(=O)Nc3ccc(Br)c(C)c3)n2)cc1OC. The van der Waals surface area contributed by atoms with Crippen molar-refractivity contribution in [2.75, 3.05) is 19.5 Å². The molecule has 0 radical (unpaired) electrons. The zero-order valence-electron chi connectivity index (χ0n) is 15.1. The Hall–Kier alpha value is -2.94. The van der Waals surface area contributed by atoms with Gasteiger partial charge < -0.3 is 14.8 Å². The number of tetrazole rings is 1. The molecule has 0 unspecified atom stereocenters. The third-order valence-corrected chi connectivity index (χ3v) is 4.71. The van der Waals surface area contributed by atoms with E-state index in [-0.39, 0.29) is 12.5 Å². The fourth-order valence-corrected chi connectivity index (χ4v) is 2.70. The van der Waals surface area contributed by atoms with Crippen molar-refractivity contribution in [3.05, 3.63) is 46.4 Å². The summed E-state index contributed by atoms with van der Waals surface area (Å²) < 4.78 is 11.5. The van der Waals surface area contributed by atoms with Gasteiger partial charge in [-0.3, -0.25) is 4.79 Å². The van der Waals surface area contributed by atoms with Crippen LogP contribution in [0.5, 0.6) is 11.5 Å². The van der Waals surface area contributed by atoms with Gasteiger partial charge in [0.15, 0.2) is 11.5 Å². The molecule has 3 aromatic rings. The molecule has 0 saturated heterocycles. The summed E-state index contributed by atoms with van der Waals surface area (Å²) in [6.07, 6.45) is 0. The highest BCUT2D eigenvalue weighted by molar-refractivity contribution is 9.10. The minimum atomic E-state index is -0.243. The van der Waals surface area contributed by atoms with Gasteiger partial charge in [-0.1, -0.05) is 15.9 Å². The Kier molecular flexibility index (Phi) is 5.70. The maximum atomic E-state index is 12.2. The summed E-state index contributed by atoms with van der Waals surface area (Å²) in [5, 5.41) is 15.0. The van der Waals surface area contributed by atoms with Crippen LogP contribution in [0.4, 0.5) is 5.69 Å². The number of methoxy groups -OCH3 is 2. The van der Waals surface area contributed by atoms with Gasteiger partial charge in [-0.25, -0.2) is 0 Å². The highest BCUT2D eigenvalue weighted by atomic mass is 79.9. The first-order valence-electron chi connectivity index (χ1n) is 8.06. The van der Waals surface area contributed by atoms with E-state index in [1.54, 1.807) is 32.4 Å². The van der Waals surface area contributed by atoms with Crippen molar-refractivity contribution < 1.29 is 14.3 Å². The van der Waals surface area contributed by atoms with Gasteiger partial charge >= 0.3 is 0 Å². The average molecular weight is 432 g/mol. The molecule has 1 aromatic heterocycles. The van der Waals surface area contributed by atoms with E-state index < -0.39 is 0 Å². The molecule has 2 aromatic carbocycles. The van der Waals surface area contributed by atoms with Gasteiger partial charge in [0.1, 0.15) is 6.54 Å². The second kappa shape index (κ2) is 8.17. The molecule has 3 rings (SSSR count). The summed E-state index contributed by atoms with van der Waals surface area (Å²) in [5.41, 5.74) is 2.45. The molecule has 8 nitrogen and oxygen atoms in total. The van der Waals surface area contributed by atoms with E-state index in [0.717, 1.165) is 10.0 Å². The summed E-state index contributed by atoms with van der Waals surface area (Å²) in [6, 6.07) is 10.9. The van der Waals surface area contributed by atoms with E-state index in [1.807, 2.05) is 25.1 Å². The molecule has 0 bridgehead atoms. The number of aromatic nitrogens is 4. The lowest BCUT2D eigenvalue weighted by atomic mass is 10.2. The quantitative estimate of drug-likeness (QED) is 0.644. The summed E-state index contributed by atoms with van der Waals surface area (Å²) in [7, 11) is 3.12. The first-order valence-corrected chi connectivity index (χ1v) is 8.85. The van der Waals surface area contributed by atoms with Crippen LogP contribution in [-0.4, -0.2) is 40.3 Å². The Morgan fingerprint density at radius 1 is 1.15 bits per heavy atom. The molecule has 1 amide bonds. The van der Waals surface area contributed by atoms with Gasteiger partial charge in [0.05, 0.1) is 14.2 Å². The van der Waals surface area contributed by atoms with Crippen LogP contribution in [0, 0.1) is 6.92 Å². The predicted octanol–water partition coefficient (Wildman–Crippen LogP) is 3.07. The monoisotopic (exact) mass is 431 g/mol. The lowest BCUT2D eigenvalue weighted by Gasteiger charge is -2.07. The maximum Gasteiger partial charge on any atom is 0.248 e. The molecule has 140 valence electrons. The van der Waals surface area contributed by atoms with Crippen molar-refractivity contribution in [2.24, 2.45) is 0 Å². The van der Waals surface area contributed by atoms with E-state index in [4.69, 9.17) is 9.47 Å². The topological polar surface area (TPSA) is 91.2 Å². The summed E-state index contributed by atoms with van der Waals surface area (Å²) in [5.74, 6) is 1.32. The third-order valence-electron chi connectivity index (χ3n) is 3.82. The van der Waals surface area contributed by atoms with Crippen LogP contribution in [0.25, 0.3) is 11.4 Å². The predicted molar refractivity (Wildman–Crippen MR) is 104 cm³/mol. The fourth-order valence-electron chi connectivity index (χ4n) is 2.45.